The number of carbonyl (C=O) groups is 1. The molecular formula is C25H25N5O4S. The normalized spacial score (nSPS) is 10.7. The van der Waals surface area contributed by atoms with Gasteiger partial charge in [0.25, 0.3) is 5.91 Å². The molecule has 9 nitrogen and oxygen atoms in total. The van der Waals surface area contributed by atoms with E-state index in [-0.39, 0.29) is 5.11 Å². The molecule has 4 rings (SSSR count). The van der Waals surface area contributed by atoms with E-state index < -0.39 is 5.91 Å². The Morgan fingerprint density at radius 3 is 2.06 bits per heavy atom. The molecule has 1 amide bonds. The number of thiocarbonyl (C=S) groups is 1. The van der Waals surface area contributed by atoms with E-state index in [1.165, 1.54) is 21.3 Å². The largest absolute Gasteiger partial charge is 0.493 e. The third kappa shape index (κ3) is 5.02. The first-order valence-electron chi connectivity index (χ1n) is 10.7. The van der Waals surface area contributed by atoms with Gasteiger partial charge in [-0.15, -0.1) is 10.2 Å². The second-order valence-corrected chi connectivity index (χ2v) is 8.21. The minimum absolute atomic E-state index is 0.136. The lowest BCUT2D eigenvalue weighted by molar-refractivity contribution is 0.0977. The molecule has 0 saturated heterocycles. The van der Waals surface area contributed by atoms with Crippen molar-refractivity contribution in [3.05, 3.63) is 65.2 Å². The number of hydrogen-bond acceptors (Lipinski definition) is 7. The maximum Gasteiger partial charge on any atom is 0.257 e. The van der Waals surface area contributed by atoms with Crippen molar-refractivity contribution in [3.63, 3.8) is 0 Å². The molecule has 0 fully saturated rings. The number of benzene rings is 3. The van der Waals surface area contributed by atoms with Gasteiger partial charge in [0.1, 0.15) is 11.0 Å². The van der Waals surface area contributed by atoms with Crippen LogP contribution in [0.2, 0.25) is 0 Å². The lowest BCUT2D eigenvalue weighted by Crippen LogP contribution is -2.34. The monoisotopic (exact) mass is 491 g/mol. The fourth-order valence-electron chi connectivity index (χ4n) is 3.54. The minimum atomic E-state index is -0.425. The number of ether oxygens (including phenoxy) is 3. The Morgan fingerprint density at radius 1 is 0.886 bits per heavy atom. The highest BCUT2D eigenvalue weighted by Crippen LogP contribution is 2.38. The number of amides is 1. The van der Waals surface area contributed by atoms with Crippen LogP contribution < -0.4 is 24.8 Å². The number of carbonyl (C=O) groups excluding carboxylic acids is 1. The van der Waals surface area contributed by atoms with Gasteiger partial charge in [-0.05, 0) is 68.0 Å². The van der Waals surface area contributed by atoms with Crippen LogP contribution in [0.5, 0.6) is 17.2 Å². The molecule has 0 bridgehead atoms. The molecule has 0 aliphatic heterocycles. The second kappa shape index (κ2) is 9.98. The van der Waals surface area contributed by atoms with Gasteiger partial charge in [0.15, 0.2) is 16.6 Å². The van der Waals surface area contributed by atoms with E-state index >= 15 is 0 Å². The minimum Gasteiger partial charge on any atom is -0.493 e. The van der Waals surface area contributed by atoms with Gasteiger partial charge in [0.2, 0.25) is 5.75 Å². The Balaban J connectivity index is 1.53. The van der Waals surface area contributed by atoms with Crippen molar-refractivity contribution >= 4 is 40.0 Å². The standard InChI is InChI=1S/C25H25N5O4S/c1-14-6-8-17(9-7-14)30-28-19-10-15(2)18(13-20(19)29-30)26-25(35)27-24(31)16-11-21(32-3)23(34-5)22(12-16)33-4/h6-13H,1-5H3,(H2,26,27,31,35). The lowest BCUT2D eigenvalue weighted by Gasteiger charge is -2.15. The van der Waals surface area contributed by atoms with Crippen molar-refractivity contribution in [2.24, 2.45) is 0 Å². The summed E-state index contributed by atoms with van der Waals surface area (Å²) in [4.78, 5) is 14.4. The summed E-state index contributed by atoms with van der Waals surface area (Å²) in [7, 11) is 4.47. The Kier molecular flexibility index (Phi) is 6.83. The Labute approximate surface area is 208 Å². The average molecular weight is 492 g/mol. The van der Waals surface area contributed by atoms with Crippen LogP contribution >= 0.6 is 12.2 Å². The molecule has 1 heterocycles. The highest BCUT2D eigenvalue weighted by atomic mass is 32.1. The smallest absolute Gasteiger partial charge is 0.257 e. The van der Waals surface area contributed by atoms with Crippen LogP contribution in [-0.4, -0.2) is 47.3 Å². The number of anilines is 1. The molecule has 0 saturated carbocycles. The van der Waals surface area contributed by atoms with Crippen molar-refractivity contribution < 1.29 is 19.0 Å². The molecule has 0 aliphatic rings. The summed E-state index contributed by atoms with van der Waals surface area (Å²) in [6.45, 7) is 3.96. The molecule has 0 aliphatic carbocycles. The van der Waals surface area contributed by atoms with Gasteiger partial charge in [-0.1, -0.05) is 17.7 Å². The summed E-state index contributed by atoms with van der Waals surface area (Å²) in [6, 6.07) is 14.8. The zero-order valence-corrected chi connectivity index (χ0v) is 20.8. The number of methoxy groups -OCH3 is 3. The first kappa shape index (κ1) is 24.0. The van der Waals surface area contributed by atoms with Gasteiger partial charge >= 0.3 is 0 Å². The average Bonchev–Trinajstić information content (AvgIpc) is 3.26. The predicted octanol–water partition coefficient (Wildman–Crippen LogP) is 4.19. The summed E-state index contributed by atoms with van der Waals surface area (Å²) in [6.07, 6.45) is 0. The molecule has 0 atom stereocenters. The lowest BCUT2D eigenvalue weighted by atomic mass is 10.1. The van der Waals surface area contributed by atoms with E-state index in [4.69, 9.17) is 26.4 Å². The van der Waals surface area contributed by atoms with Crippen molar-refractivity contribution in [2.45, 2.75) is 13.8 Å². The first-order valence-corrected chi connectivity index (χ1v) is 11.1. The third-order valence-electron chi connectivity index (χ3n) is 5.39. The van der Waals surface area contributed by atoms with E-state index in [2.05, 4.69) is 20.8 Å². The SMILES string of the molecule is COc1cc(C(=O)NC(=S)Nc2cc3nn(-c4ccc(C)cc4)nc3cc2C)cc(OC)c1OC. The molecule has 4 aromatic rings. The quantitative estimate of drug-likeness (QED) is 0.388. The van der Waals surface area contributed by atoms with Gasteiger partial charge in [0.05, 0.1) is 27.0 Å². The van der Waals surface area contributed by atoms with Gasteiger partial charge in [-0.2, -0.15) is 4.80 Å². The number of fused-ring (bicyclic) bond motifs is 1. The molecule has 3 aromatic carbocycles. The van der Waals surface area contributed by atoms with Gasteiger partial charge in [-0.25, -0.2) is 0 Å². The van der Waals surface area contributed by atoms with Crippen molar-refractivity contribution in [2.75, 3.05) is 26.6 Å². The van der Waals surface area contributed by atoms with Crippen LogP contribution in [-0.2, 0) is 0 Å². The summed E-state index contributed by atoms with van der Waals surface area (Å²) in [5, 5.41) is 15.0. The molecule has 0 spiro atoms. The van der Waals surface area contributed by atoms with Gasteiger partial charge < -0.3 is 19.5 Å². The fraction of sp³-hybridized carbons (Fsp3) is 0.200. The molecule has 1 aromatic heterocycles. The molecule has 0 radical (unpaired) electrons. The van der Waals surface area contributed by atoms with Crippen molar-refractivity contribution in [3.8, 4) is 22.9 Å². The number of rotatable bonds is 6. The molecule has 10 heteroatoms. The highest BCUT2D eigenvalue weighted by Gasteiger charge is 2.18. The van der Waals surface area contributed by atoms with Crippen LogP contribution in [0.25, 0.3) is 16.7 Å². The number of aromatic nitrogens is 3. The number of aryl methyl sites for hydroxylation is 2. The number of nitrogens with zero attached hydrogens (tertiary/aromatic N) is 3. The van der Waals surface area contributed by atoms with Crippen LogP contribution in [0.15, 0.2) is 48.5 Å². The summed E-state index contributed by atoms with van der Waals surface area (Å²) in [5.74, 6) is 0.711. The highest BCUT2D eigenvalue weighted by molar-refractivity contribution is 7.80. The zero-order chi connectivity index (χ0) is 25.1. The Hall–Kier alpha value is -4.18. The predicted molar refractivity (Wildman–Crippen MR) is 138 cm³/mol. The number of nitrogens with one attached hydrogen (secondary N) is 2. The van der Waals surface area contributed by atoms with E-state index in [9.17, 15) is 4.79 Å². The zero-order valence-electron chi connectivity index (χ0n) is 20.0. The van der Waals surface area contributed by atoms with E-state index in [0.29, 0.717) is 34.0 Å². The van der Waals surface area contributed by atoms with Gasteiger partial charge in [-0.3, -0.25) is 10.1 Å². The van der Waals surface area contributed by atoms with Crippen LogP contribution in [0.1, 0.15) is 21.5 Å². The fourth-order valence-corrected chi connectivity index (χ4v) is 3.74. The van der Waals surface area contributed by atoms with Crippen molar-refractivity contribution in [1.82, 2.24) is 20.3 Å². The van der Waals surface area contributed by atoms with E-state index in [1.54, 1.807) is 16.9 Å². The Morgan fingerprint density at radius 2 is 1.49 bits per heavy atom. The van der Waals surface area contributed by atoms with Crippen LogP contribution in [0, 0.1) is 13.8 Å². The molecular weight excluding hydrogens is 466 g/mol. The summed E-state index contributed by atoms with van der Waals surface area (Å²) < 4.78 is 15.9. The molecule has 2 N–H and O–H groups in total. The topological polar surface area (TPSA) is 99.5 Å². The van der Waals surface area contributed by atoms with E-state index in [1.807, 2.05) is 50.2 Å². The summed E-state index contributed by atoms with van der Waals surface area (Å²) >= 11 is 5.39. The Bertz CT molecular complexity index is 1390. The molecule has 180 valence electrons. The second-order valence-electron chi connectivity index (χ2n) is 7.80. The molecule has 0 unspecified atom stereocenters. The maximum absolute atomic E-state index is 12.8. The van der Waals surface area contributed by atoms with Gasteiger partial charge in [0, 0.05) is 11.3 Å². The van der Waals surface area contributed by atoms with Crippen LogP contribution in [0.3, 0.4) is 0 Å². The third-order valence-corrected chi connectivity index (χ3v) is 5.60. The number of hydrogen-bond donors (Lipinski definition) is 2. The van der Waals surface area contributed by atoms with Crippen molar-refractivity contribution in [1.29, 1.82) is 0 Å². The maximum atomic E-state index is 12.8. The summed E-state index contributed by atoms with van der Waals surface area (Å²) in [5.41, 5.74) is 5.39. The van der Waals surface area contributed by atoms with Crippen LogP contribution in [0.4, 0.5) is 5.69 Å². The van der Waals surface area contributed by atoms with E-state index in [0.717, 1.165) is 22.3 Å². The first-order chi connectivity index (χ1) is 16.8. The molecule has 35 heavy (non-hydrogen) atoms.